The lowest BCUT2D eigenvalue weighted by molar-refractivity contribution is -0.120. The largest absolute Gasteiger partial charge is 0.327 e. The SMILES string of the molecule is CC(C)C(=O)Nc1cccc(NC(=O)C2CCCC2N)c1.Cl. The maximum absolute atomic E-state index is 12.2. The molecule has 0 aliphatic heterocycles. The lowest BCUT2D eigenvalue weighted by Crippen LogP contribution is -2.34. The highest BCUT2D eigenvalue weighted by atomic mass is 35.5. The summed E-state index contributed by atoms with van der Waals surface area (Å²) in [6.07, 6.45) is 2.75. The van der Waals surface area contributed by atoms with E-state index in [0.29, 0.717) is 11.4 Å². The van der Waals surface area contributed by atoms with E-state index in [1.807, 2.05) is 19.9 Å². The molecule has 5 nitrogen and oxygen atoms in total. The minimum absolute atomic E-state index is 0. The van der Waals surface area contributed by atoms with Gasteiger partial charge < -0.3 is 16.4 Å². The zero-order valence-corrected chi connectivity index (χ0v) is 13.8. The summed E-state index contributed by atoms with van der Waals surface area (Å²) < 4.78 is 0. The number of halogens is 1. The van der Waals surface area contributed by atoms with Crippen LogP contribution < -0.4 is 16.4 Å². The number of anilines is 2. The van der Waals surface area contributed by atoms with Crippen LogP contribution in [0.15, 0.2) is 24.3 Å². The molecule has 4 N–H and O–H groups in total. The number of amides is 2. The minimum atomic E-state index is -0.112. The van der Waals surface area contributed by atoms with Crippen LogP contribution in [0.2, 0.25) is 0 Å². The molecule has 0 saturated heterocycles. The van der Waals surface area contributed by atoms with Gasteiger partial charge >= 0.3 is 0 Å². The highest BCUT2D eigenvalue weighted by Crippen LogP contribution is 2.26. The molecular formula is C16H24ClN3O2. The van der Waals surface area contributed by atoms with E-state index in [1.54, 1.807) is 18.2 Å². The summed E-state index contributed by atoms with van der Waals surface area (Å²) in [5.74, 6) is -0.276. The van der Waals surface area contributed by atoms with Crippen LogP contribution >= 0.6 is 12.4 Å². The lowest BCUT2D eigenvalue weighted by atomic mass is 10.0. The summed E-state index contributed by atoms with van der Waals surface area (Å²) in [5, 5.41) is 5.71. The molecule has 1 aliphatic carbocycles. The Morgan fingerprint density at radius 3 is 2.36 bits per heavy atom. The number of hydrogen-bond acceptors (Lipinski definition) is 3. The third-order valence-electron chi connectivity index (χ3n) is 3.83. The van der Waals surface area contributed by atoms with Crippen molar-refractivity contribution in [1.82, 2.24) is 0 Å². The van der Waals surface area contributed by atoms with E-state index in [2.05, 4.69) is 10.6 Å². The van der Waals surface area contributed by atoms with Crippen molar-refractivity contribution in [1.29, 1.82) is 0 Å². The van der Waals surface area contributed by atoms with Crippen molar-refractivity contribution >= 4 is 35.6 Å². The summed E-state index contributed by atoms with van der Waals surface area (Å²) in [4.78, 5) is 23.9. The summed E-state index contributed by atoms with van der Waals surface area (Å²) >= 11 is 0. The zero-order valence-electron chi connectivity index (χ0n) is 13.0. The van der Waals surface area contributed by atoms with Crippen molar-refractivity contribution in [3.05, 3.63) is 24.3 Å². The van der Waals surface area contributed by atoms with E-state index in [9.17, 15) is 9.59 Å². The second-order valence-corrected chi connectivity index (χ2v) is 5.92. The summed E-state index contributed by atoms with van der Waals surface area (Å²) in [6.45, 7) is 3.67. The summed E-state index contributed by atoms with van der Waals surface area (Å²) in [5.41, 5.74) is 7.31. The molecule has 0 bridgehead atoms. The van der Waals surface area contributed by atoms with Gasteiger partial charge in [0.15, 0.2) is 0 Å². The second-order valence-electron chi connectivity index (χ2n) is 5.92. The van der Waals surface area contributed by atoms with Crippen molar-refractivity contribution in [3.63, 3.8) is 0 Å². The van der Waals surface area contributed by atoms with Crippen molar-refractivity contribution in [2.24, 2.45) is 17.6 Å². The Morgan fingerprint density at radius 2 is 1.82 bits per heavy atom. The molecule has 1 saturated carbocycles. The maximum atomic E-state index is 12.2. The Morgan fingerprint density at radius 1 is 1.18 bits per heavy atom. The topological polar surface area (TPSA) is 84.2 Å². The highest BCUT2D eigenvalue weighted by molar-refractivity contribution is 5.95. The van der Waals surface area contributed by atoms with Gasteiger partial charge in [0.2, 0.25) is 11.8 Å². The van der Waals surface area contributed by atoms with E-state index in [1.165, 1.54) is 0 Å². The molecule has 1 fully saturated rings. The molecule has 2 unspecified atom stereocenters. The number of carbonyl (C=O) groups is 2. The van der Waals surface area contributed by atoms with Crippen LogP contribution in [-0.4, -0.2) is 17.9 Å². The highest BCUT2D eigenvalue weighted by Gasteiger charge is 2.30. The fourth-order valence-corrected chi connectivity index (χ4v) is 2.51. The lowest BCUT2D eigenvalue weighted by Gasteiger charge is -2.16. The molecule has 1 aliphatic rings. The number of benzene rings is 1. The summed E-state index contributed by atoms with van der Waals surface area (Å²) in [6, 6.07) is 7.13. The average Bonchev–Trinajstić information content (AvgIpc) is 2.85. The first-order valence-corrected chi connectivity index (χ1v) is 7.44. The van der Waals surface area contributed by atoms with Crippen LogP contribution in [0.1, 0.15) is 33.1 Å². The predicted molar refractivity (Wildman–Crippen MR) is 91.1 cm³/mol. The molecule has 2 atom stereocenters. The molecule has 22 heavy (non-hydrogen) atoms. The molecule has 122 valence electrons. The first-order chi connectivity index (χ1) is 9.97. The number of hydrogen-bond donors (Lipinski definition) is 3. The Kier molecular flexibility index (Phi) is 6.84. The number of nitrogens with one attached hydrogen (secondary N) is 2. The van der Waals surface area contributed by atoms with Gasteiger partial charge in [0.25, 0.3) is 0 Å². The fraction of sp³-hybridized carbons (Fsp3) is 0.500. The van der Waals surface area contributed by atoms with Gasteiger partial charge in [-0.25, -0.2) is 0 Å². The first kappa shape index (κ1) is 18.5. The molecule has 6 heteroatoms. The van der Waals surface area contributed by atoms with Gasteiger partial charge in [0, 0.05) is 23.3 Å². The van der Waals surface area contributed by atoms with E-state index in [0.717, 1.165) is 19.3 Å². The maximum Gasteiger partial charge on any atom is 0.229 e. The molecule has 0 spiro atoms. The zero-order chi connectivity index (χ0) is 15.4. The van der Waals surface area contributed by atoms with Crippen molar-refractivity contribution in [3.8, 4) is 0 Å². The first-order valence-electron chi connectivity index (χ1n) is 7.44. The predicted octanol–water partition coefficient (Wildman–Crippen LogP) is 2.77. The van der Waals surface area contributed by atoms with Crippen LogP contribution in [0.3, 0.4) is 0 Å². The molecule has 1 aromatic rings. The molecule has 2 rings (SSSR count). The van der Waals surface area contributed by atoms with Gasteiger partial charge in [-0.15, -0.1) is 12.4 Å². The number of nitrogens with two attached hydrogens (primary N) is 1. The third kappa shape index (κ3) is 4.71. The minimum Gasteiger partial charge on any atom is -0.327 e. The van der Waals surface area contributed by atoms with Crippen molar-refractivity contribution < 1.29 is 9.59 Å². The van der Waals surface area contributed by atoms with Crippen LogP contribution in [0.5, 0.6) is 0 Å². The van der Waals surface area contributed by atoms with Crippen LogP contribution in [-0.2, 0) is 9.59 Å². The quantitative estimate of drug-likeness (QED) is 0.795. The molecule has 0 aromatic heterocycles. The fourth-order valence-electron chi connectivity index (χ4n) is 2.51. The van der Waals surface area contributed by atoms with Gasteiger partial charge in [-0.2, -0.15) is 0 Å². The second kappa shape index (κ2) is 8.15. The molecule has 2 amide bonds. The smallest absolute Gasteiger partial charge is 0.229 e. The van der Waals surface area contributed by atoms with Crippen molar-refractivity contribution in [2.45, 2.75) is 39.2 Å². The van der Waals surface area contributed by atoms with Crippen LogP contribution in [0, 0.1) is 11.8 Å². The standard InChI is InChI=1S/C16H23N3O2.ClH/c1-10(2)15(20)18-11-5-3-6-12(9-11)19-16(21)13-7-4-8-14(13)17;/h3,5-6,9-10,13-14H,4,7-8,17H2,1-2H3,(H,18,20)(H,19,21);1H. The molecule has 1 aromatic carbocycles. The van der Waals surface area contributed by atoms with Gasteiger partial charge in [-0.3, -0.25) is 9.59 Å². The van der Waals surface area contributed by atoms with Crippen LogP contribution in [0.4, 0.5) is 11.4 Å². The monoisotopic (exact) mass is 325 g/mol. The van der Waals surface area contributed by atoms with Gasteiger partial charge in [0.05, 0.1) is 5.92 Å². The average molecular weight is 326 g/mol. The number of rotatable bonds is 4. The van der Waals surface area contributed by atoms with Gasteiger partial charge in [0.1, 0.15) is 0 Å². The van der Waals surface area contributed by atoms with E-state index in [4.69, 9.17) is 5.73 Å². The third-order valence-corrected chi connectivity index (χ3v) is 3.83. The van der Waals surface area contributed by atoms with E-state index >= 15 is 0 Å². The Hall–Kier alpha value is -1.59. The van der Waals surface area contributed by atoms with E-state index in [-0.39, 0.29) is 42.1 Å². The van der Waals surface area contributed by atoms with Crippen molar-refractivity contribution in [2.75, 3.05) is 10.6 Å². The Labute approximate surface area is 137 Å². The molecule has 0 radical (unpaired) electrons. The van der Waals surface area contributed by atoms with E-state index < -0.39 is 0 Å². The Balaban J connectivity index is 0.00000242. The van der Waals surface area contributed by atoms with Gasteiger partial charge in [-0.1, -0.05) is 26.3 Å². The number of carbonyl (C=O) groups excluding carboxylic acids is 2. The Bertz CT molecular complexity index is 534. The van der Waals surface area contributed by atoms with Gasteiger partial charge in [-0.05, 0) is 31.0 Å². The molecular weight excluding hydrogens is 302 g/mol. The van der Waals surface area contributed by atoms with Crippen LogP contribution in [0.25, 0.3) is 0 Å². The summed E-state index contributed by atoms with van der Waals surface area (Å²) in [7, 11) is 0. The molecule has 0 heterocycles. The normalized spacial score (nSPS) is 20.4.